The van der Waals surface area contributed by atoms with Gasteiger partial charge in [-0.25, -0.2) is 8.78 Å². The van der Waals surface area contributed by atoms with Gasteiger partial charge < -0.3 is 10.1 Å². The summed E-state index contributed by atoms with van der Waals surface area (Å²) in [5.74, 6) is -0.614. The van der Waals surface area contributed by atoms with Crippen LogP contribution in [0.2, 0.25) is 0 Å². The quantitative estimate of drug-likeness (QED) is 0.874. The van der Waals surface area contributed by atoms with Crippen LogP contribution in [-0.2, 0) is 11.3 Å². The van der Waals surface area contributed by atoms with Gasteiger partial charge in [0.25, 0.3) is 0 Å². The first-order valence-corrected chi connectivity index (χ1v) is 5.98. The molecule has 4 heteroatoms. The highest BCUT2D eigenvalue weighted by molar-refractivity contribution is 5.18. The summed E-state index contributed by atoms with van der Waals surface area (Å²) in [5, 5.41) is 3.28. The second kappa shape index (κ2) is 6.07. The first-order valence-electron chi connectivity index (χ1n) is 5.98. The highest BCUT2D eigenvalue weighted by atomic mass is 19.1. The molecule has 2 rings (SSSR count). The molecule has 1 fully saturated rings. The van der Waals surface area contributed by atoms with E-state index in [1.165, 1.54) is 18.2 Å². The molecule has 1 aliphatic rings. The summed E-state index contributed by atoms with van der Waals surface area (Å²) in [6, 6.07) is 3.87. The van der Waals surface area contributed by atoms with Gasteiger partial charge in [0.05, 0.1) is 13.2 Å². The van der Waals surface area contributed by atoms with Crippen molar-refractivity contribution in [3.05, 3.63) is 35.4 Å². The van der Waals surface area contributed by atoms with Gasteiger partial charge in [0, 0.05) is 12.1 Å². The lowest BCUT2D eigenvalue weighted by molar-refractivity contribution is 0.0747. The zero-order valence-corrected chi connectivity index (χ0v) is 9.72. The maximum atomic E-state index is 13.3. The normalized spacial score (nSPS) is 20.5. The van der Waals surface area contributed by atoms with E-state index >= 15 is 0 Å². The molecule has 1 saturated heterocycles. The summed E-state index contributed by atoms with van der Waals surface area (Å²) in [5.41, 5.74) is 0.0243. The van der Waals surface area contributed by atoms with Crippen LogP contribution in [0, 0.1) is 17.6 Å². The Balaban J connectivity index is 1.81. The Labute approximate surface area is 100.0 Å². The number of rotatable bonds is 4. The monoisotopic (exact) mass is 241 g/mol. The van der Waals surface area contributed by atoms with Gasteiger partial charge in [-0.3, -0.25) is 0 Å². The van der Waals surface area contributed by atoms with Crippen LogP contribution in [0.15, 0.2) is 18.2 Å². The van der Waals surface area contributed by atoms with Gasteiger partial charge in [0.1, 0.15) is 11.6 Å². The van der Waals surface area contributed by atoms with E-state index < -0.39 is 11.6 Å². The van der Waals surface area contributed by atoms with Crippen molar-refractivity contribution >= 4 is 0 Å². The number of benzene rings is 1. The third-order valence-electron chi connectivity index (χ3n) is 3.06. The molecular weight excluding hydrogens is 224 g/mol. The van der Waals surface area contributed by atoms with Crippen molar-refractivity contribution in [1.29, 1.82) is 0 Å². The standard InChI is InChI=1S/C13H17F2NO/c14-12-4-1-5-13(15)11(12)9-17-8-10-3-2-6-16-7-10/h1,4-5,10,16H,2-3,6-9H2/t10-/m1/s1. The molecule has 0 saturated carbocycles. The van der Waals surface area contributed by atoms with Crippen LogP contribution in [0.25, 0.3) is 0 Å². The van der Waals surface area contributed by atoms with Crippen LogP contribution in [0.1, 0.15) is 18.4 Å². The van der Waals surface area contributed by atoms with Gasteiger partial charge in [-0.05, 0) is 37.4 Å². The fourth-order valence-corrected chi connectivity index (χ4v) is 2.06. The Morgan fingerprint density at radius 2 is 2.06 bits per heavy atom. The highest BCUT2D eigenvalue weighted by Gasteiger charge is 2.14. The molecule has 94 valence electrons. The summed E-state index contributed by atoms with van der Waals surface area (Å²) >= 11 is 0. The van der Waals surface area contributed by atoms with E-state index in [1.807, 2.05) is 0 Å². The SMILES string of the molecule is Fc1cccc(F)c1COC[C@@H]1CCCNC1. The Bertz CT molecular complexity index is 344. The minimum atomic E-state index is -0.535. The van der Waals surface area contributed by atoms with E-state index in [-0.39, 0.29) is 12.2 Å². The van der Waals surface area contributed by atoms with E-state index in [0.717, 1.165) is 25.9 Å². The maximum Gasteiger partial charge on any atom is 0.131 e. The van der Waals surface area contributed by atoms with E-state index in [9.17, 15) is 8.78 Å². The zero-order valence-electron chi connectivity index (χ0n) is 9.72. The highest BCUT2D eigenvalue weighted by Crippen LogP contribution is 2.15. The van der Waals surface area contributed by atoms with Crippen LogP contribution in [0.3, 0.4) is 0 Å². The van der Waals surface area contributed by atoms with E-state index in [0.29, 0.717) is 12.5 Å². The number of piperidine rings is 1. The van der Waals surface area contributed by atoms with E-state index in [1.54, 1.807) is 0 Å². The molecule has 0 unspecified atom stereocenters. The molecule has 0 aromatic heterocycles. The summed E-state index contributed by atoms with van der Waals surface area (Å²) in [4.78, 5) is 0. The van der Waals surface area contributed by atoms with Gasteiger partial charge in [-0.2, -0.15) is 0 Å². The van der Waals surface area contributed by atoms with Crippen molar-refractivity contribution < 1.29 is 13.5 Å². The first-order chi connectivity index (χ1) is 8.27. The lowest BCUT2D eigenvalue weighted by Crippen LogP contribution is -2.32. The maximum absolute atomic E-state index is 13.3. The smallest absolute Gasteiger partial charge is 0.131 e. The molecule has 0 spiro atoms. The topological polar surface area (TPSA) is 21.3 Å². The van der Waals surface area contributed by atoms with Gasteiger partial charge >= 0.3 is 0 Å². The average Bonchev–Trinajstić information content (AvgIpc) is 2.34. The number of nitrogens with one attached hydrogen (secondary N) is 1. The van der Waals surface area contributed by atoms with E-state index in [2.05, 4.69) is 5.32 Å². The lowest BCUT2D eigenvalue weighted by Gasteiger charge is -2.22. The third kappa shape index (κ3) is 3.48. The fourth-order valence-electron chi connectivity index (χ4n) is 2.06. The minimum Gasteiger partial charge on any atom is -0.376 e. The summed E-state index contributed by atoms with van der Waals surface area (Å²) in [6.45, 7) is 2.55. The number of hydrogen-bond acceptors (Lipinski definition) is 2. The van der Waals surface area contributed by atoms with E-state index in [4.69, 9.17) is 4.74 Å². The van der Waals surface area contributed by atoms with Crippen molar-refractivity contribution in [2.24, 2.45) is 5.92 Å². The van der Waals surface area contributed by atoms with Crippen LogP contribution < -0.4 is 5.32 Å². The van der Waals surface area contributed by atoms with Gasteiger partial charge in [-0.15, -0.1) is 0 Å². The van der Waals surface area contributed by atoms with Gasteiger partial charge in [0.2, 0.25) is 0 Å². The molecule has 17 heavy (non-hydrogen) atoms. The fraction of sp³-hybridized carbons (Fsp3) is 0.538. The Morgan fingerprint density at radius 1 is 1.29 bits per heavy atom. The number of ether oxygens (including phenoxy) is 1. The average molecular weight is 241 g/mol. The van der Waals surface area contributed by atoms with Crippen LogP contribution in [0.4, 0.5) is 8.78 Å². The lowest BCUT2D eigenvalue weighted by atomic mass is 10.0. The molecular formula is C13H17F2NO. The van der Waals surface area contributed by atoms with Crippen molar-refractivity contribution in [3.8, 4) is 0 Å². The molecule has 1 N–H and O–H groups in total. The Kier molecular flexibility index (Phi) is 4.45. The second-order valence-corrected chi connectivity index (χ2v) is 4.43. The number of halogens is 2. The predicted octanol–water partition coefficient (Wildman–Crippen LogP) is 2.48. The molecule has 1 aliphatic heterocycles. The van der Waals surface area contributed by atoms with Crippen molar-refractivity contribution in [3.63, 3.8) is 0 Å². The third-order valence-corrected chi connectivity index (χ3v) is 3.06. The molecule has 0 bridgehead atoms. The predicted molar refractivity (Wildman–Crippen MR) is 61.6 cm³/mol. The van der Waals surface area contributed by atoms with Crippen molar-refractivity contribution in [1.82, 2.24) is 5.32 Å². The van der Waals surface area contributed by atoms with Crippen LogP contribution in [-0.4, -0.2) is 19.7 Å². The summed E-state index contributed by atoms with van der Waals surface area (Å²) in [6.07, 6.45) is 2.26. The minimum absolute atomic E-state index is 0.00894. The molecule has 1 aromatic rings. The largest absolute Gasteiger partial charge is 0.376 e. The van der Waals surface area contributed by atoms with Crippen molar-refractivity contribution in [2.45, 2.75) is 19.4 Å². The Hall–Kier alpha value is -1.00. The zero-order chi connectivity index (χ0) is 12.1. The second-order valence-electron chi connectivity index (χ2n) is 4.43. The summed E-state index contributed by atoms with van der Waals surface area (Å²) in [7, 11) is 0. The van der Waals surface area contributed by atoms with Crippen LogP contribution in [0.5, 0.6) is 0 Å². The van der Waals surface area contributed by atoms with Crippen molar-refractivity contribution in [2.75, 3.05) is 19.7 Å². The summed E-state index contributed by atoms with van der Waals surface area (Å²) < 4.78 is 32.0. The molecule has 0 aliphatic carbocycles. The van der Waals surface area contributed by atoms with Gasteiger partial charge in [-0.1, -0.05) is 6.07 Å². The molecule has 1 atom stereocenters. The molecule has 0 amide bonds. The van der Waals surface area contributed by atoms with Crippen LogP contribution >= 0.6 is 0 Å². The molecule has 2 nitrogen and oxygen atoms in total. The Morgan fingerprint density at radius 3 is 2.71 bits per heavy atom. The number of hydrogen-bond donors (Lipinski definition) is 1. The van der Waals surface area contributed by atoms with Gasteiger partial charge in [0.15, 0.2) is 0 Å². The molecule has 1 heterocycles. The molecule has 0 radical (unpaired) electrons. The molecule has 1 aromatic carbocycles. The first kappa shape index (κ1) is 12.5.